The van der Waals surface area contributed by atoms with E-state index < -0.39 is 18.1 Å². The average molecular weight is 200 g/mol. The van der Waals surface area contributed by atoms with Gasteiger partial charge in [-0.1, -0.05) is 0 Å². The predicted molar refractivity (Wildman–Crippen MR) is 47.2 cm³/mol. The maximum absolute atomic E-state index is 10.2. The van der Waals surface area contributed by atoms with E-state index in [0.29, 0.717) is 6.42 Å². The molecule has 0 saturated carbocycles. The summed E-state index contributed by atoms with van der Waals surface area (Å²) >= 11 is 0. The summed E-state index contributed by atoms with van der Waals surface area (Å²) in [5.74, 6) is -1.05. The summed E-state index contributed by atoms with van der Waals surface area (Å²) in [5.41, 5.74) is 10.4. The quantitative estimate of drug-likeness (QED) is 0.435. The van der Waals surface area contributed by atoms with E-state index in [1.165, 1.54) is 0 Å². The van der Waals surface area contributed by atoms with Crippen LogP contribution in [0.15, 0.2) is 0 Å². The molecule has 0 aliphatic rings. The summed E-state index contributed by atoms with van der Waals surface area (Å²) in [6, 6.07) is -0.894. The second-order valence-electron chi connectivity index (χ2n) is 2.38. The van der Waals surface area contributed by atoms with E-state index >= 15 is 0 Å². The van der Waals surface area contributed by atoms with E-state index in [1.54, 1.807) is 0 Å². The van der Waals surface area contributed by atoms with Gasteiger partial charge in [-0.2, -0.15) is 0 Å². The van der Waals surface area contributed by atoms with Crippen LogP contribution in [0.25, 0.3) is 0 Å². The standard InChI is InChI=1S/C6H14N2O3.ClH/c7-3-4(9)1-2-5(8)6(10)11;/h4-5,9H,1-3,7-8H2,(H,10,11);1H/t4?,5-;/m0./s1/i9D;. The Morgan fingerprint density at radius 1 is 1.58 bits per heavy atom. The minimum Gasteiger partial charge on any atom is -0.480 e. The second kappa shape index (κ2) is 7.30. The Morgan fingerprint density at radius 3 is 2.50 bits per heavy atom. The molecule has 0 heterocycles. The molecule has 0 aromatic carbocycles. The topological polar surface area (TPSA) is 110 Å². The maximum atomic E-state index is 10.2. The number of rotatable bonds is 6. The summed E-state index contributed by atoms with van der Waals surface area (Å²) in [5, 5.41) is 12.6. The van der Waals surface area contributed by atoms with Crippen molar-refractivity contribution in [3.8, 4) is 0 Å². The monoisotopic (exact) mass is 199 g/mol. The fourth-order valence-corrected chi connectivity index (χ4v) is 0.607. The van der Waals surface area contributed by atoms with Gasteiger partial charge in [-0.05, 0) is 12.8 Å². The fraction of sp³-hybridized carbons (Fsp3) is 0.833. The molecule has 5 nitrogen and oxygen atoms in total. The van der Waals surface area contributed by atoms with Gasteiger partial charge in [0.05, 0.1) is 6.10 Å². The number of aliphatic hydroxyl groups is 1. The maximum Gasteiger partial charge on any atom is 0.320 e. The van der Waals surface area contributed by atoms with E-state index in [0.717, 1.165) is 0 Å². The number of aliphatic hydroxyl groups excluding tert-OH is 1. The lowest BCUT2D eigenvalue weighted by molar-refractivity contribution is -0.138. The van der Waals surface area contributed by atoms with Crippen LogP contribution in [-0.4, -0.2) is 36.3 Å². The molecule has 0 aliphatic carbocycles. The van der Waals surface area contributed by atoms with Gasteiger partial charge in [0.15, 0.2) is 0 Å². The Kier molecular flexibility index (Phi) is 7.08. The number of carboxylic acids is 1. The van der Waals surface area contributed by atoms with Gasteiger partial charge in [-0.3, -0.25) is 4.79 Å². The summed E-state index contributed by atoms with van der Waals surface area (Å²) in [6.07, 6.45) is 0.249. The van der Waals surface area contributed by atoms with Crippen LogP contribution in [0.4, 0.5) is 0 Å². The fourth-order valence-electron chi connectivity index (χ4n) is 0.607. The van der Waals surface area contributed by atoms with E-state index in [2.05, 4.69) is 5.11 Å². The predicted octanol–water partition coefficient (Wildman–Crippen LogP) is -1.08. The molecule has 6 N–H and O–H groups in total. The highest BCUT2D eigenvalue weighted by Gasteiger charge is 2.12. The Bertz CT molecular complexity index is 146. The third-order valence-electron chi connectivity index (χ3n) is 1.38. The molecule has 0 saturated heterocycles. The van der Waals surface area contributed by atoms with Crippen molar-refractivity contribution in [2.45, 2.75) is 25.0 Å². The lowest BCUT2D eigenvalue weighted by Crippen LogP contribution is -2.32. The summed E-state index contributed by atoms with van der Waals surface area (Å²) < 4.78 is 6.54. The highest BCUT2D eigenvalue weighted by molar-refractivity contribution is 5.85. The number of hydrogen-bond acceptors (Lipinski definition) is 4. The number of nitrogens with two attached hydrogens (primary N) is 2. The normalized spacial score (nSPS) is 15.7. The largest absolute Gasteiger partial charge is 0.480 e. The molecule has 0 radical (unpaired) electrons. The van der Waals surface area contributed by atoms with Crippen LogP contribution < -0.4 is 11.5 Å². The molecular formula is C6H15ClN2O3. The van der Waals surface area contributed by atoms with Crippen molar-refractivity contribution in [3.63, 3.8) is 0 Å². The molecule has 74 valence electrons. The van der Waals surface area contributed by atoms with Crippen molar-refractivity contribution < 1.29 is 15.0 Å². The van der Waals surface area contributed by atoms with Crippen molar-refractivity contribution in [1.29, 1.82) is 1.43 Å². The first-order valence-electron chi connectivity index (χ1n) is 3.83. The van der Waals surface area contributed by atoms with Crippen molar-refractivity contribution in [2.75, 3.05) is 6.54 Å². The molecule has 0 spiro atoms. The van der Waals surface area contributed by atoms with Gasteiger partial charge in [-0.15, -0.1) is 12.4 Å². The molecule has 6 heteroatoms. The van der Waals surface area contributed by atoms with Crippen molar-refractivity contribution in [2.24, 2.45) is 11.5 Å². The Morgan fingerprint density at radius 2 is 2.17 bits per heavy atom. The van der Waals surface area contributed by atoms with E-state index in [-0.39, 0.29) is 25.4 Å². The lowest BCUT2D eigenvalue weighted by Gasteiger charge is -2.09. The summed E-state index contributed by atoms with van der Waals surface area (Å²) in [6.45, 7) is 0.204. The second-order valence-corrected chi connectivity index (χ2v) is 2.38. The van der Waals surface area contributed by atoms with Gasteiger partial charge in [-0.25, -0.2) is 0 Å². The molecule has 0 fully saturated rings. The Labute approximate surface area is 78.6 Å². The van der Waals surface area contributed by atoms with Crippen LogP contribution in [0.1, 0.15) is 12.8 Å². The van der Waals surface area contributed by atoms with Crippen LogP contribution in [-0.2, 0) is 4.79 Å². The van der Waals surface area contributed by atoms with Gasteiger partial charge in [0, 0.05) is 6.54 Å². The van der Waals surface area contributed by atoms with Crippen molar-refractivity contribution in [1.82, 2.24) is 0 Å². The van der Waals surface area contributed by atoms with Crippen LogP contribution in [0, 0.1) is 0 Å². The van der Waals surface area contributed by atoms with Crippen LogP contribution >= 0.6 is 12.4 Å². The zero-order valence-electron chi connectivity index (χ0n) is 7.60. The van der Waals surface area contributed by atoms with Crippen LogP contribution in [0.5, 0.6) is 0 Å². The molecule has 0 aromatic rings. The van der Waals surface area contributed by atoms with Crippen molar-refractivity contribution in [3.05, 3.63) is 0 Å². The lowest BCUT2D eigenvalue weighted by atomic mass is 10.1. The number of hydrogen-bond donors (Lipinski definition) is 4. The minimum absolute atomic E-state index is 0. The third-order valence-corrected chi connectivity index (χ3v) is 1.38. The number of halogens is 1. The zero-order chi connectivity index (χ0) is 9.56. The van der Waals surface area contributed by atoms with E-state index in [4.69, 9.17) is 18.0 Å². The number of carbonyl (C=O) groups is 1. The summed E-state index contributed by atoms with van der Waals surface area (Å²) in [4.78, 5) is 10.2. The molecule has 0 aliphatic heterocycles. The zero-order valence-corrected chi connectivity index (χ0v) is 7.42. The first-order chi connectivity index (χ1) is 5.61. The Hall–Kier alpha value is -0.360. The molecule has 0 rings (SSSR count). The average Bonchev–Trinajstić information content (AvgIpc) is 2.05. The van der Waals surface area contributed by atoms with Crippen LogP contribution in [0.2, 0.25) is 0 Å². The SMILES string of the molecule is Cl.[2H]OC(CN)CC[C@H](N)C(=O)O. The molecule has 0 bridgehead atoms. The molecule has 2 atom stereocenters. The highest BCUT2D eigenvalue weighted by Crippen LogP contribution is 1.98. The number of carboxylic acid groups (broad SMARTS) is 1. The van der Waals surface area contributed by atoms with Gasteiger partial charge in [0.25, 0.3) is 0 Å². The molecule has 1 unspecified atom stereocenters. The minimum atomic E-state index is -1.05. The third kappa shape index (κ3) is 6.36. The first kappa shape index (κ1) is 11.6. The molecule has 0 amide bonds. The van der Waals surface area contributed by atoms with Crippen LogP contribution in [0.3, 0.4) is 0 Å². The van der Waals surface area contributed by atoms with Crippen molar-refractivity contribution >= 4 is 18.4 Å². The Balaban J connectivity index is 0. The van der Waals surface area contributed by atoms with Gasteiger partial charge in [0.2, 0.25) is 1.43 Å². The smallest absolute Gasteiger partial charge is 0.320 e. The first-order valence-corrected chi connectivity index (χ1v) is 3.42. The van der Waals surface area contributed by atoms with E-state index in [1.807, 2.05) is 0 Å². The number of aliphatic carboxylic acids is 1. The van der Waals surface area contributed by atoms with E-state index in [9.17, 15) is 4.79 Å². The molecular weight excluding hydrogens is 184 g/mol. The molecule has 12 heavy (non-hydrogen) atoms. The summed E-state index contributed by atoms with van der Waals surface area (Å²) in [7, 11) is 0. The van der Waals surface area contributed by atoms with Gasteiger partial charge in [0.1, 0.15) is 6.04 Å². The van der Waals surface area contributed by atoms with Gasteiger partial charge < -0.3 is 21.7 Å². The van der Waals surface area contributed by atoms with Gasteiger partial charge >= 0.3 is 5.97 Å². The molecule has 0 aromatic heterocycles. The highest BCUT2D eigenvalue weighted by atomic mass is 35.5.